The molecule has 0 aliphatic heterocycles. The van der Waals surface area contributed by atoms with Crippen molar-refractivity contribution in [3.8, 4) is 0 Å². The van der Waals surface area contributed by atoms with Gasteiger partial charge in [0, 0.05) is 12.5 Å². The Kier molecular flexibility index (Phi) is 2.65. The van der Waals surface area contributed by atoms with Gasteiger partial charge in [-0.15, -0.1) is 0 Å². The topological polar surface area (TPSA) is 38.1 Å². The number of nitrogens with zero attached hydrogens (tertiary/aromatic N) is 1. The number of aryl methyl sites for hydroxylation is 1. The van der Waals surface area contributed by atoms with Crippen molar-refractivity contribution in [2.45, 2.75) is 26.3 Å². The predicted molar refractivity (Wildman–Crippen MR) is 43.4 cm³/mol. The molecule has 1 N–H and O–H groups in total. The fourth-order valence-corrected chi connectivity index (χ4v) is 0.834. The molecule has 0 aliphatic rings. The van der Waals surface area contributed by atoms with Crippen molar-refractivity contribution in [1.29, 1.82) is 0 Å². The van der Waals surface area contributed by atoms with E-state index in [9.17, 15) is 0 Å². The summed E-state index contributed by atoms with van der Waals surface area (Å²) >= 11 is 0. The highest BCUT2D eigenvalue weighted by molar-refractivity contribution is 5.01. The molecule has 1 heterocycles. The molecule has 0 aliphatic carbocycles. The van der Waals surface area contributed by atoms with Gasteiger partial charge in [0.2, 0.25) is 0 Å². The number of rotatable bonds is 3. The highest BCUT2D eigenvalue weighted by Crippen LogP contribution is 2.10. The second-order valence-corrected chi connectivity index (χ2v) is 2.53. The first-order valence-electron chi connectivity index (χ1n) is 3.89. The molecule has 1 atom stereocenters. The minimum Gasteiger partial charge on any atom is -0.449 e. The molecule has 0 saturated carbocycles. The standard InChI is InChI=1S/C8H14N2O/c1-4-8-10-7(5-11-8)6(2)9-3/h5-6,9H,4H2,1-3H3. The Labute approximate surface area is 66.8 Å². The first-order chi connectivity index (χ1) is 5.27. The molecule has 0 spiro atoms. The van der Waals surface area contributed by atoms with Crippen molar-refractivity contribution in [3.63, 3.8) is 0 Å². The van der Waals surface area contributed by atoms with Crippen LogP contribution in [0.4, 0.5) is 0 Å². The van der Waals surface area contributed by atoms with Gasteiger partial charge in [0.25, 0.3) is 0 Å². The van der Waals surface area contributed by atoms with Crippen LogP contribution in [0.15, 0.2) is 10.7 Å². The second kappa shape index (κ2) is 3.53. The summed E-state index contributed by atoms with van der Waals surface area (Å²) in [6, 6.07) is 0.277. The molecule has 0 saturated heterocycles. The maximum atomic E-state index is 5.19. The molecule has 3 nitrogen and oxygen atoms in total. The third-order valence-corrected chi connectivity index (χ3v) is 1.75. The van der Waals surface area contributed by atoms with Crippen LogP contribution in [0, 0.1) is 0 Å². The molecule has 0 amide bonds. The maximum Gasteiger partial charge on any atom is 0.193 e. The van der Waals surface area contributed by atoms with Crippen LogP contribution in [0.1, 0.15) is 31.5 Å². The quantitative estimate of drug-likeness (QED) is 0.717. The third kappa shape index (κ3) is 1.80. The molecule has 1 unspecified atom stereocenters. The molecule has 0 bridgehead atoms. The Bertz CT molecular complexity index is 220. The van der Waals surface area contributed by atoms with Crippen LogP contribution in [0.3, 0.4) is 0 Å². The van der Waals surface area contributed by atoms with Crippen LogP contribution in [0.25, 0.3) is 0 Å². The Morgan fingerprint density at radius 1 is 1.73 bits per heavy atom. The van der Waals surface area contributed by atoms with Crippen LogP contribution >= 0.6 is 0 Å². The zero-order valence-electron chi connectivity index (χ0n) is 7.22. The molecule has 3 heteroatoms. The monoisotopic (exact) mass is 154 g/mol. The number of oxazole rings is 1. The third-order valence-electron chi connectivity index (χ3n) is 1.75. The van der Waals surface area contributed by atoms with Gasteiger partial charge in [-0.05, 0) is 14.0 Å². The van der Waals surface area contributed by atoms with Crippen molar-refractivity contribution >= 4 is 0 Å². The van der Waals surface area contributed by atoms with Gasteiger partial charge in [-0.2, -0.15) is 0 Å². The first kappa shape index (κ1) is 8.27. The zero-order chi connectivity index (χ0) is 8.27. The van der Waals surface area contributed by atoms with E-state index in [0.29, 0.717) is 0 Å². The lowest BCUT2D eigenvalue weighted by Gasteiger charge is -2.03. The van der Waals surface area contributed by atoms with Crippen LogP contribution < -0.4 is 5.32 Å². The van der Waals surface area contributed by atoms with Crippen LogP contribution in [0.5, 0.6) is 0 Å². The maximum absolute atomic E-state index is 5.19. The molecular formula is C8H14N2O. The van der Waals surface area contributed by atoms with Crippen molar-refractivity contribution in [2.75, 3.05) is 7.05 Å². The van der Waals surface area contributed by atoms with E-state index >= 15 is 0 Å². The smallest absolute Gasteiger partial charge is 0.193 e. The van der Waals surface area contributed by atoms with E-state index in [1.54, 1.807) is 6.26 Å². The Hall–Kier alpha value is -0.830. The highest BCUT2D eigenvalue weighted by Gasteiger charge is 2.07. The fraction of sp³-hybridized carbons (Fsp3) is 0.625. The summed E-state index contributed by atoms with van der Waals surface area (Å²) in [4.78, 5) is 4.27. The average molecular weight is 154 g/mol. The number of aromatic nitrogens is 1. The van der Waals surface area contributed by atoms with Crippen LogP contribution in [-0.2, 0) is 6.42 Å². The summed E-state index contributed by atoms with van der Waals surface area (Å²) in [5.74, 6) is 0.808. The molecule has 0 fully saturated rings. The summed E-state index contributed by atoms with van der Waals surface area (Å²) in [5, 5.41) is 3.10. The molecule has 0 aromatic carbocycles. The summed E-state index contributed by atoms with van der Waals surface area (Å²) in [6.07, 6.45) is 2.57. The fourth-order valence-electron chi connectivity index (χ4n) is 0.834. The molecule has 0 radical (unpaired) electrons. The van der Waals surface area contributed by atoms with Gasteiger partial charge < -0.3 is 9.73 Å². The van der Waals surface area contributed by atoms with Crippen molar-refractivity contribution in [1.82, 2.24) is 10.3 Å². The van der Waals surface area contributed by atoms with Crippen molar-refractivity contribution in [2.24, 2.45) is 0 Å². The SMILES string of the molecule is CCc1nc(C(C)NC)co1. The predicted octanol–water partition coefficient (Wildman–Crippen LogP) is 1.52. The zero-order valence-corrected chi connectivity index (χ0v) is 7.22. The minimum atomic E-state index is 0.277. The number of nitrogens with one attached hydrogen (secondary N) is 1. The lowest BCUT2D eigenvalue weighted by molar-refractivity contribution is 0.500. The van der Waals surface area contributed by atoms with E-state index in [1.807, 2.05) is 14.0 Å². The number of hydrogen-bond donors (Lipinski definition) is 1. The van der Waals surface area contributed by atoms with Gasteiger partial charge in [0.05, 0.1) is 5.69 Å². The van der Waals surface area contributed by atoms with Gasteiger partial charge in [-0.1, -0.05) is 6.92 Å². The van der Waals surface area contributed by atoms with E-state index in [4.69, 9.17) is 4.42 Å². The largest absolute Gasteiger partial charge is 0.449 e. The molecule has 11 heavy (non-hydrogen) atoms. The van der Waals surface area contributed by atoms with E-state index in [0.717, 1.165) is 18.0 Å². The molecule has 62 valence electrons. The summed E-state index contributed by atoms with van der Waals surface area (Å²) in [6.45, 7) is 4.08. The van der Waals surface area contributed by atoms with Gasteiger partial charge in [0.15, 0.2) is 5.89 Å². The molecule has 1 rings (SSSR count). The summed E-state index contributed by atoms with van der Waals surface area (Å²) < 4.78 is 5.19. The second-order valence-electron chi connectivity index (χ2n) is 2.53. The van der Waals surface area contributed by atoms with E-state index in [1.165, 1.54) is 0 Å². The minimum absolute atomic E-state index is 0.277. The molecule has 1 aromatic rings. The van der Waals surface area contributed by atoms with Crippen molar-refractivity contribution < 1.29 is 4.42 Å². The van der Waals surface area contributed by atoms with Crippen LogP contribution in [-0.4, -0.2) is 12.0 Å². The van der Waals surface area contributed by atoms with Crippen molar-refractivity contribution in [3.05, 3.63) is 17.8 Å². The normalized spacial score (nSPS) is 13.4. The lowest BCUT2D eigenvalue weighted by atomic mass is 10.3. The summed E-state index contributed by atoms with van der Waals surface area (Å²) in [5.41, 5.74) is 0.976. The lowest BCUT2D eigenvalue weighted by Crippen LogP contribution is -2.12. The van der Waals surface area contributed by atoms with Gasteiger partial charge in [0.1, 0.15) is 6.26 Å². The first-order valence-corrected chi connectivity index (χ1v) is 3.89. The molecular weight excluding hydrogens is 140 g/mol. The van der Waals surface area contributed by atoms with Gasteiger partial charge >= 0.3 is 0 Å². The van der Waals surface area contributed by atoms with Gasteiger partial charge in [-0.25, -0.2) is 4.98 Å². The van der Waals surface area contributed by atoms with Gasteiger partial charge in [-0.3, -0.25) is 0 Å². The Morgan fingerprint density at radius 2 is 2.45 bits per heavy atom. The number of hydrogen-bond acceptors (Lipinski definition) is 3. The van der Waals surface area contributed by atoms with Crippen LogP contribution in [0.2, 0.25) is 0 Å². The Morgan fingerprint density at radius 3 is 2.91 bits per heavy atom. The Balaban J connectivity index is 2.71. The van der Waals surface area contributed by atoms with E-state index in [2.05, 4.69) is 17.2 Å². The highest BCUT2D eigenvalue weighted by atomic mass is 16.3. The summed E-state index contributed by atoms with van der Waals surface area (Å²) in [7, 11) is 1.91. The molecule has 1 aromatic heterocycles. The van der Waals surface area contributed by atoms with E-state index < -0.39 is 0 Å². The average Bonchev–Trinajstić information content (AvgIpc) is 2.50. The van der Waals surface area contributed by atoms with E-state index in [-0.39, 0.29) is 6.04 Å².